The van der Waals surface area contributed by atoms with E-state index < -0.39 is 44.0 Å². The Balaban J connectivity index is 2.05. The van der Waals surface area contributed by atoms with Crippen molar-refractivity contribution >= 4 is 27.5 Å². The predicted octanol–water partition coefficient (Wildman–Crippen LogP) is 4.61. The van der Waals surface area contributed by atoms with E-state index in [2.05, 4.69) is 14.1 Å². The summed E-state index contributed by atoms with van der Waals surface area (Å²) in [6.45, 7) is 12.0. The average Bonchev–Trinajstić information content (AvgIpc) is 3.45. The standard InChI is InChI=1S/C26H34FN3O7S/c1-15(2)18-10-17(27)11-19(16-8-9-35-14-16)20(18)12-21(31)29-38(34,30-24(32)37-25(3,4)5)22-13-28-23(36-22)26(6,7)33/h8,10-11,13,15,33H,9,12,14H2,1-7H3,(H,29,30,31,32,34). The fourth-order valence-corrected chi connectivity index (χ4v) is 5.01. The van der Waals surface area contributed by atoms with Crippen LogP contribution in [0.25, 0.3) is 5.57 Å². The molecule has 10 nitrogen and oxygen atoms in total. The Hall–Kier alpha value is -3.09. The first-order valence-corrected chi connectivity index (χ1v) is 13.6. The number of ether oxygens (including phenoxy) is 2. The van der Waals surface area contributed by atoms with Crippen molar-refractivity contribution in [1.29, 1.82) is 0 Å². The zero-order chi connectivity index (χ0) is 28.5. The normalized spacial score (nSPS) is 15.7. The lowest BCUT2D eigenvalue weighted by molar-refractivity contribution is -0.118. The van der Waals surface area contributed by atoms with Crippen LogP contribution in [0, 0.1) is 5.82 Å². The van der Waals surface area contributed by atoms with E-state index in [0.717, 1.165) is 11.8 Å². The van der Waals surface area contributed by atoms with Gasteiger partial charge in [0.25, 0.3) is 0 Å². The van der Waals surface area contributed by atoms with Crippen LogP contribution in [0.5, 0.6) is 0 Å². The molecule has 0 spiro atoms. The molecule has 1 aromatic carbocycles. The number of hydrogen-bond donors (Lipinski definition) is 2. The van der Waals surface area contributed by atoms with Gasteiger partial charge in [-0.25, -0.2) is 18.4 Å². The Labute approximate surface area is 221 Å². The summed E-state index contributed by atoms with van der Waals surface area (Å²) >= 11 is 0. The minimum atomic E-state index is -4.07. The van der Waals surface area contributed by atoms with E-state index in [1.807, 2.05) is 19.9 Å². The summed E-state index contributed by atoms with van der Waals surface area (Å²) in [6, 6.07) is 2.70. The monoisotopic (exact) mass is 551 g/mol. The van der Waals surface area contributed by atoms with Gasteiger partial charge in [-0.2, -0.15) is 0 Å². The van der Waals surface area contributed by atoms with Crippen LogP contribution >= 0.6 is 0 Å². The molecular formula is C26H34FN3O7S. The number of rotatable bonds is 7. The second kappa shape index (κ2) is 11.0. The molecule has 1 aliphatic rings. The molecule has 0 saturated heterocycles. The number of hydrogen-bond acceptors (Lipinski definition) is 8. The van der Waals surface area contributed by atoms with Crippen molar-refractivity contribution in [3.05, 3.63) is 52.8 Å². The summed E-state index contributed by atoms with van der Waals surface area (Å²) in [5, 5.41) is 9.77. The summed E-state index contributed by atoms with van der Waals surface area (Å²) < 4.78 is 50.4. The van der Waals surface area contributed by atoms with Crippen LogP contribution in [0.4, 0.5) is 9.18 Å². The van der Waals surface area contributed by atoms with Crippen LogP contribution in [-0.4, -0.2) is 45.1 Å². The van der Waals surface area contributed by atoms with E-state index in [-0.39, 0.29) is 24.8 Å². The Morgan fingerprint density at radius 1 is 1.26 bits per heavy atom. The van der Waals surface area contributed by atoms with Crippen LogP contribution in [0.2, 0.25) is 0 Å². The van der Waals surface area contributed by atoms with Gasteiger partial charge in [0.1, 0.15) is 17.0 Å². The number of halogens is 1. The van der Waals surface area contributed by atoms with Crippen molar-refractivity contribution in [2.75, 3.05) is 13.2 Å². The number of aliphatic hydroxyl groups is 1. The van der Waals surface area contributed by atoms with E-state index in [1.54, 1.807) is 20.8 Å². The van der Waals surface area contributed by atoms with Gasteiger partial charge in [-0.1, -0.05) is 24.3 Å². The third-order valence-corrected chi connectivity index (χ3v) is 7.03. The first kappa shape index (κ1) is 29.5. The van der Waals surface area contributed by atoms with Gasteiger partial charge in [-0.3, -0.25) is 9.52 Å². The molecule has 2 heterocycles. The number of oxazole rings is 1. The summed E-state index contributed by atoms with van der Waals surface area (Å²) in [5.41, 5.74) is -0.0938. The van der Waals surface area contributed by atoms with Crippen molar-refractivity contribution in [1.82, 2.24) is 9.71 Å². The van der Waals surface area contributed by atoms with Crippen molar-refractivity contribution in [3.63, 3.8) is 0 Å². The number of amides is 2. The predicted molar refractivity (Wildman–Crippen MR) is 138 cm³/mol. The van der Waals surface area contributed by atoms with Crippen molar-refractivity contribution < 1.29 is 37.2 Å². The Kier molecular flexibility index (Phi) is 8.49. The lowest BCUT2D eigenvalue weighted by Gasteiger charge is -2.19. The third kappa shape index (κ3) is 7.27. The minimum Gasteiger partial charge on any atom is -0.442 e. The molecule has 3 rings (SSSR count). The fourth-order valence-electron chi connectivity index (χ4n) is 3.76. The van der Waals surface area contributed by atoms with Gasteiger partial charge >= 0.3 is 6.09 Å². The molecule has 0 saturated carbocycles. The molecule has 0 fully saturated rings. The summed E-state index contributed by atoms with van der Waals surface area (Å²) in [7, 11) is -4.07. The first-order chi connectivity index (χ1) is 17.5. The topological polar surface area (TPSA) is 140 Å². The van der Waals surface area contributed by atoms with Gasteiger partial charge in [0.2, 0.25) is 26.8 Å². The van der Waals surface area contributed by atoms with E-state index in [0.29, 0.717) is 23.3 Å². The molecule has 2 aromatic rings. The maximum Gasteiger partial charge on any atom is 0.444 e. The van der Waals surface area contributed by atoms with Gasteiger partial charge in [0.15, 0.2) is 0 Å². The lowest BCUT2D eigenvalue weighted by Crippen LogP contribution is -2.33. The average molecular weight is 552 g/mol. The van der Waals surface area contributed by atoms with Crippen LogP contribution in [0.15, 0.2) is 38.3 Å². The largest absolute Gasteiger partial charge is 0.444 e. The van der Waals surface area contributed by atoms with Crippen molar-refractivity contribution in [3.8, 4) is 0 Å². The molecule has 0 radical (unpaired) electrons. The number of carbonyl (C=O) groups is 2. The van der Waals surface area contributed by atoms with Crippen LogP contribution in [0.3, 0.4) is 0 Å². The third-order valence-electron chi connectivity index (χ3n) is 5.39. The van der Waals surface area contributed by atoms with Gasteiger partial charge in [-0.15, -0.1) is 0 Å². The molecular weight excluding hydrogens is 517 g/mol. The SMILES string of the molecule is CC(C)c1cc(F)cc(C2=CCOC2)c1CC(=O)NS(=O)(=NC(=O)OC(C)(C)C)c1cnc(C(C)(C)O)o1. The summed E-state index contributed by atoms with van der Waals surface area (Å²) in [5.74, 6) is -1.54. The van der Waals surface area contributed by atoms with Gasteiger partial charge in [-0.05, 0) is 74.9 Å². The molecule has 38 heavy (non-hydrogen) atoms. The molecule has 12 heteroatoms. The Morgan fingerprint density at radius 3 is 2.47 bits per heavy atom. The smallest absolute Gasteiger partial charge is 0.442 e. The van der Waals surface area contributed by atoms with Crippen LogP contribution in [-0.2, 0) is 36.2 Å². The lowest BCUT2D eigenvalue weighted by atomic mass is 9.88. The quantitative estimate of drug-likeness (QED) is 0.508. The molecule has 0 aliphatic carbocycles. The maximum absolute atomic E-state index is 14.5. The number of nitrogens with zero attached hydrogens (tertiary/aromatic N) is 2. The zero-order valence-electron chi connectivity index (χ0n) is 22.6. The molecule has 208 valence electrons. The molecule has 2 amide bonds. The summed E-state index contributed by atoms with van der Waals surface area (Å²) in [4.78, 5) is 29.8. The highest BCUT2D eigenvalue weighted by atomic mass is 32.2. The molecule has 1 aliphatic heterocycles. The summed E-state index contributed by atoms with van der Waals surface area (Å²) in [6.07, 6.45) is 1.34. The molecule has 1 aromatic heterocycles. The minimum absolute atomic E-state index is 0.130. The molecule has 1 unspecified atom stereocenters. The van der Waals surface area contributed by atoms with E-state index >= 15 is 0 Å². The number of nitrogens with one attached hydrogen (secondary N) is 1. The fraction of sp³-hybridized carbons (Fsp3) is 0.500. The second-order valence-electron chi connectivity index (χ2n) is 10.8. The highest BCUT2D eigenvalue weighted by molar-refractivity contribution is 7.92. The number of carbonyl (C=O) groups excluding carboxylic acids is 2. The number of aromatic nitrogens is 1. The second-order valence-corrected chi connectivity index (χ2v) is 12.6. The Morgan fingerprint density at radius 2 is 1.95 bits per heavy atom. The van der Waals surface area contributed by atoms with Crippen LogP contribution < -0.4 is 4.72 Å². The number of benzene rings is 1. The van der Waals surface area contributed by atoms with E-state index in [4.69, 9.17) is 13.9 Å². The zero-order valence-corrected chi connectivity index (χ0v) is 23.4. The van der Waals surface area contributed by atoms with Gasteiger partial charge in [0, 0.05) is 0 Å². The molecule has 0 bridgehead atoms. The Bertz CT molecular complexity index is 1370. The van der Waals surface area contributed by atoms with Gasteiger partial charge in [0.05, 0.1) is 25.8 Å². The maximum atomic E-state index is 14.5. The van der Waals surface area contributed by atoms with Crippen LogP contribution in [0.1, 0.15) is 77.0 Å². The van der Waals surface area contributed by atoms with Crippen molar-refractivity contribution in [2.24, 2.45) is 4.36 Å². The highest BCUT2D eigenvalue weighted by Gasteiger charge is 2.30. The highest BCUT2D eigenvalue weighted by Crippen LogP contribution is 2.31. The molecule has 2 N–H and O–H groups in total. The van der Waals surface area contributed by atoms with Gasteiger partial charge < -0.3 is 19.0 Å². The molecule has 1 atom stereocenters. The first-order valence-electron chi connectivity index (χ1n) is 12.1. The van der Waals surface area contributed by atoms with Crippen molar-refractivity contribution in [2.45, 2.75) is 77.1 Å². The van der Waals surface area contributed by atoms with E-state index in [9.17, 15) is 23.3 Å². The van der Waals surface area contributed by atoms with E-state index in [1.165, 1.54) is 26.0 Å².